The molecule has 0 N–H and O–H groups in total. The fraction of sp³-hybridized carbons (Fsp3) is 1.00. The van der Waals surface area contributed by atoms with Gasteiger partial charge in [-0.05, 0) is 32.6 Å². The monoisotopic (exact) mass is 466 g/mol. The number of rotatable bonds is 23. The summed E-state index contributed by atoms with van der Waals surface area (Å²) in [6.45, 7) is 21.4. The molecule has 0 fully saturated rings. The summed E-state index contributed by atoms with van der Waals surface area (Å²) in [5, 5.41) is 0. The summed E-state index contributed by atoms with van der Waals surface area (Å²) in [5.74, 6) is 0. The van der Waals surface area contributed by atoms with E-state index in [0.29, 0.717) is 97.9 Å². The van der Waals surface area contributed by atoms with Crippen LogP contribution >= 0.6 is 0 Å². The van der Waals surface area contributed by atoms with E-state index < -0.39 is 0 Å². The maximum Gasteiger partial charge on any atom is 0.0707 e. The molecule has 0 radical (unpaired) electrons. The highest BCUT2D eigenvalue weighted by atomic mass is 16.6. The molecule has 0 aliphatic carbocycles. The van der Waals surface area contributed by atoms with Gasteiger partial charge in [0.05, 0.1) is 98.1 Å². The molecule has 0 saturated heterocycles. The van der Waals surface area contributed by atoms with E-state index in [1.54, 1.807) is 0 Å². The lowest BCUT2D eigenvalue weighted by Crippen LogP contribution is -2.22. The molecule has 0 spiro atoms. The predicted octanol–water partition coefficient (Wildman–Crippen LogP) is 3.35. The molecule has 0 rings (SSSR count). The van der Waals surface area contributed by atoms with Gasteiger partial charge in [-0.25, -0.2) is 0 Å². The van der Waals surface area contributed by atoms with Crippen molar-refractivity contribution in [3.63, 3.8) is 0 Å². The maximum absolute atomic E-state index is 5.57. The van der Waals surface area contributed by atoms with E-state index >= 15 is 0 Å². The zero-order chi connectivity index (χ0) is 24.0. The van der Waals surface area contributed by atoms with Crippen LogP contribution in [0.25, 0.3) is 0 Å². The molecule has 0 aliphatic heterocycles. The average Bonchev–Trinajstić information content (AvgIpc) is 2.69. The van der Waals surface area contributed by atoms with Crippen molar-refractivity contribution in [2.45, 2.75) is 53.6 Å². The minimum Gasteiger partial charge on any atom is -0.379 e. The second kappa shape index (κ2) is 21.2. The summed E-state index contributed by atoms with van der Waals surface area (Å²) in [7, 11) is 0. The molecule has 194 valence electrons. The van der Waals surface area contributed by atoms with E-state index in [0.717, 1.165) is 13.0 Å². The molecule has 0 unspecified atom stereocenters. The Morgan fingerprint density at radius 1 is 0.344 bits per heavy atom. The van der Waals surface area contributed by atoms with E-state index in [-0.39, 0.29) is 5.60 Å². The topological polar surface area (TPSA) is 73.8 Å². The highest BCUT2D eigenvalue weighted by Gasteiger charge is 2.09. The van der Waals surface area contributed by atoms with E-state index in [9.17, 15) is 0 Å². The predicted molar refractivity (Wildman–Crippen MR) is 126 cm³/mol. The maximum atomic E-state index is 5.57. The molecule has 0 bridgehead atoms. The molecule has 0 amide bonds. The first-order valence-electron chi connectivity index (χ1n) is 11.9. The van der Waals surface area contributed by atoms with Crippen molar-refractivity contribution in [2.24, 2.45) is 5.41 Å². The minimum atomic E-state index is -0.121. The van der Waals surface area contributed by atoms with Gasteiger partial charge in [-0.3, -0.25) is 0 Å². The lowest BCUT2D eigenvalue weighted by atomic mass is 9.93. The summed E-state index contributed by atoms with van der Waals surface area (Å²) < 4.78 is 43.8. The largest absolute Gasteiger partial charge is 0.379 e. The van der Waals surface area contributed by atoms with Crippen LogP contribution < -0.4 is 0 Å². The second-order valence-electron chi connectivity index (χ2n) is 9.56. The Bertz CT molecular complexity index is 343. The molecule has 0 aromatic rings. The van der Waals surface area contributed by atoms with Gasteiger partial charge in [0, 0.05) is 6.61 Å². The first-order chi connectivity index (χ1) is 15.2. The van der Waals surface area contributed by atoms with E-state index in [1.807, 2.05) is 20.8 Å². The standard InChI is InChI=1S/C24H50O8/c1-23(2,3)7-8-25-9-10-26-11-12-27-13-14-28-15-16-29-17-18-30-19-20-31-21-22-32-24(4,5)6/h7-22H2,1-6H3. The Morgan fingerprint density at radius 3 is 0.844 bits per heavy atom. The summed E-state index contributed by atoms with van der Waals surface area (Å²) in [6, 6.07) is 0. The van der Waals surface area contributed by atoms with Gasteiger partial charge >= 0.3 is 0 Å². The number of ether oxygens (including phenoxy) is 8. The van der Waals surface area contributed by atoms with Crippen LogP contribution in [0.1, 0.15) is 48.0 Å². The minimum absolute atomic E-state index is 0.121. The quantitative estimate of drug-likeness (QED) is 0.212. The van der Waals surface area contributed by atoms with Crippen LogP contribution in [-0.2, 0) is 37.9 Å². The van der Waals surface area contributed by atoms with E-state index in [4.69, 9.17) is 37.9 Å². The fourth-order valence-electron chi connectivity index (χ4n) is 2.21. The molecule has 0 aromatic heterocycles. The Kier molecular flexibility index (Phi) is 21.0. The van der Waals surface area contributed by atoms with Gasteiger partial charge in [0.25, 0.3) is 0 Å². The van der Waals surface area contributed by atoms with Gasteiger partial charge in [0.1, 0.15) is 0 Å². The van der Waals surface area contributed by atoms with Gasteiger partial charge in [-0.2, -0.15) is 0 Å². The van der Waals surface area contributed by atoms with Gasteiger partial charge in [0.2, 0.25) is 0 Å². The van der Waals surface area contributed by atoms with E-state index in [2.05, 4.69) is 20.8 Å². The highest BCUT2D eigenvalue weighted by Crippen LogP contribution is 2.17. The molecule has 0 atom stereocenters. The molecule has 0 saturated carbocycles. The van der Waals surface area contributed by atoms with Gasteiger partial charge in [-0.15, -0.1) is 0 Å². The Balaban J connectivity index is 3.07. The molecule has 0 heterocycles. The molecule has 0 aromatic carbocycles. The smallest absolute Gasteiger partial charge is 0.0707 e. The molecule has 32 heavy (non-hydrogen) atoms. The number of hydrogen-bond acceptors (Lipinski definition) is 8. The molecular formula is C24H50O8. The Labute approximate surface area is 196 Å². The third kappa shape index (κ3) is 29.7. The second-order valence-corrected chi connectivity index (χ2v) is 9.56. The molecular weight excluding hydrogens is 416 g/mol. The van der Waals surface area contributed by atoms with E-state index in [1.165, 1.54) is 0 Å². The van der Waals surface area contributed by atoms with Crippen LogP contribution in [0.2, 0.25) is 0 Å². The van der Waals surface area contributed by atoms with Crippen LogP contribution in [-0.4, -0.2) is 105 Å². The normalized spacial score (nSPS) is 12.6. The Morgan fingerprint density at radius 2 is 0.594 bits per heavy atom. The molecule has 0 aliphatic rings. The fourth-order valence-corrected chi connectivity index (χ4v) is 2.21. The SMILES string of the molecule is CC(C)(C)CCOCCOCCOCCOCCOCCOCCOCCOC(C)(C)C. The first-order valence-corrected chi connectivity index (χ1v) is 11.9. The summed E-state index contributed by atoms with van der Waals surface area (Å²) >= 11 is 0. The average molecular weight is 467 g/mol. The third-order valence-corrected chi connectivity index (χ3v) is 3.99. The molecule has 8 heteroatoms. The lowest BCUT2D eigenvalue weighted by molar-refractivity contribution is -0.0466. The zero-order valence-electron chi connectivity index (χ0n) is 21.6. The van der Waals surface area contributed by atoms with Crippen molar-refractivity contribution in [3.8, 4) is 0 Å². The van der Waals surface area contributed by atoms with Crippen LogP contribution in [0.5, 0.6) is 0 Å². The van der Waals surface area contributed by atoms with Crippen molar-refractivity contribution in [3.05, 3.63) is 0 Å². The summed E-state index contributed by atoms with van der Waals surface area (Å²) in [4.78, 5) is 0. The van der Waals surface area contributed by atoms with Gasteiger partial charge in [-0.1, -0.05) is 20.8 Å². The van der Waals surface area contributed by atoms with Crippen LogP contribution in [0.3, 0.4) is 0 Å². The van der Waals surface area contributed by atoms with Crippen LogP contribution in [0.15, 0.2) is 0 Å². The van der Waals surface area contributed by atoms with Crippen LogP contribution in [0.4, 0.5) is 0 Å². The van der Waals surface area contributed by atoms with Crippen molar-refractivity contribution in [1.82, 2.24) is 0 Å². The molecule has 8 nitrogen and oxygen atoms in total. The highest BCUT2D eigenvalue weighted by molar-refractivity contribution is 4.59. The van der Waals surface area contributed by atoms with Crippen LogP contribution in [0, 0.1) is 5.41 Å². The van der Waals surface area contributed by atoms with Crippen molar-refractivity contribution < 1.29 is 37.9 Å². The number of hydrogen-bond donors (Lipinski definition) is 0. The zero-order valence-corrected chi connectivity index (χ0v) is 21.6. The van der Waals surface area contributed by atoms with Gasteiger partial charge < -0.3 is 37.9 Å². The summed E-state index contributed by atoms with van der Waals surface area (Å²) in [5.41, 5.74) is 0.194. The first kappa shape index (κ1) is 31.7. The lowest BCUT2D eigenvalue weighted by Gasteiger charge is -2.19. The summed E-state index contributed by atoms with van der Waals surface area (Å²) in [6.07, 6.45) is 1.05. The van der Waals surface area contributed by atoms with Crippen molar-refractivity contribution in [2.75, 3.05) is 99.1 Å². The van der Waals surface area contributed by atoms with Crippen molar-refractivity contribution in [1.29, 1.82) is 0 Å². The third-order valence-electron chi connectivity index (χ3n) is 3.99. The van der Waals surface area contributed by atoms with Gasteiger partial charge in [0.15, 0.2) is 0 Å². The van der Waals surface area contributed by atoms with Crippen molar-refractivity contribution >= 4 is 0 Å². The Hall–Kier alpha value is -0.320.